The van der Waals surface area contributed by atoms with E-state index >= 15 is 0 Å². The summed E-state index contributed by atoms with van der Waals surface area (Å²) in [7, 11) is 0. The van der Waals surface area contributed by atoms with E-state index in [4.69, 9.17) is 0 Å². The first-order valence-corrected chi connectivity index (χ1v) is 4.76. The number of benzene rings is 1. The molecule has 0 aliphatic heterocycles. The molecule has 1 radical (unpaired) electrons. The van der Waals surface area contributed by atoms with Crippen LogP contribution in [0.2, 0.25) is 0 Å². The van der Waals surface area contributed by atoms with Crippen molar-refractivity contribution in [1.82, 2.24) is 0 Å². The first-order valence-electron chi connectivity index (χ1n) is 3.97. The monoisotopic (exact) mass is 211 g/mol. The first kappa shape index (κ1) is 8.79. The lowest BCUT2D eigenvalue weighted by Gasteiger charge is -2.04. The molecule has 0 nitrogen and oxygen atoms in total. The second-order valence-corrected chi connectivity index (χ2v) is 3.39. The Morgan fingerprint density at radius 3 is 2.45 bits per heavy atom. The van der Waals surface area contributed by atoms with Crippen LogP contribution in [0.15, 0.2) is 16.6 Å². The summed E-state index contributed by atoms with van der Waals surface area (Å²) in [4.78, 5) is 0. The molecular formula is C10H12Br. The lowest BCUT2D eigenvalue weighted by molar-refractivity contribution is 1.03. The topological polar surface area (TPSA) is 0 Å². The van der Waals surface area contributed by atoms with Gasteiger partial charge in [-0.25, -0.2) is 0 Å². The maximum Gasteiger partial charge on any atom is 0.0257 e. The maximum absolute atomic E-state index is 3.41. The van der Waals surface area contributed by atoms with Gasteiger partial charge in [0.2, 0.25) is 0 Å². The molecule has 0 heterocycles. The van der Waals surface area contributed by atoms with Gasteiger partial charge < -0.3 is 0 Å². The van der Waals surface area contributed by atoms with E-state index < -0.39 is 0 Å². The summed E-state index contributed by atoms with van der Waals surface area (Å²) in [5.74, 6) is 0. The largest absolute Gasteiger partial charge is 0.0613 e. The van der Waals surface area contributed by atoms with E-state index in [0.717, 1.165) is 17.3 Å². The average molecular weight is 212 g/mol. The van der Waals surface area contributed by atoms with E-state index in [1.807, 2.05) is 0 Å². The van der Waals surface area contributed by atoms with E-state index in [2.05, 4.69) is 48.0 Å². The molecule has 59 valence electrons. The molecule has 0 saturated heterocycles. The third kappa shape index (κ3) is 2.06. The molecule has 0 spiro atoms. The molecule has 1 heteroatoms. The van der Waals surface area contributed by atoms with Crippen molar-refractivity contribution < 1.29 is 0 Å². The number of hydrogen-bond donors (Lipinski definition) is 0. The second kappa shape index (κ2) is 3.91. The fourth-order valence-electron chi connectivity index (χ4n) is 1.19. The molecule has 0 aliphatic carbocycles. The number of rotatable bonds is 2. The van der Waals surface area contributed by atoms with Crippen molar-refractivity contribution in [2.75, 3.05) is 0 Å². The third-order valence-corrected chi connectivity index (χ3v) is 2.32. The van der Waals surface area contributed by atoms with Gasteiger partial charge in [0.1, 0.15) is 0 Å². The van der Waals surface area contributed by atoms with E-state index in [1.54, 1.807) is 0 Å². The van der Waals surface area contributed by atoms with Gasteiger partial charge in [0.15, 0.2) is 0 Å². The summed E-state index contributed by atoms with van der Waals surface area (Å²) in [6.45, 7) is 4.36. The zero-order valence-corrected chi connectivity index (χ0v) is 8.53. The molecule has 0 aliphatic rings. The normalized spacial score (nSPS) is 10.1. The van der Waals surface area contributed by atoms with Crippen molar-refractivity contribution >= 4 is 15.9 Å². The predicted octanol–water partition coefficient (Wildman–Crippen LogP) is 3.37. The minimum atomic E-state index is 1.06. The third-order valence-electron chi connectivity index (χ3n) is 1.86. The van der Waals surface area contributed by atoms with Crippen LogP contribution in [-0.4, -0.2) is 0 Å². The summed E-state index contributed by atoms with van der Waals surface area (Å²) in [5, 5.41) is 0. The van der Waals surface area contributed by atoms with Crippen LogP contribution in [0.1, 0.15) is 25.0 Å². The van der Waals surface area contributed by atoms with Gasteiger partial charge in [-0.1, -0.05) is 29.8 Å². The van der Waals surface area contributed by atoms with Crippen LogP contribution in [0.4, 0.5) is 0 Å². The molecule has 0 N–H and O–H groups in total. The van der Waals surface area contributed by atoms with Crippen molar-refractivity contribution in [3.63, 3.8) is 0 Å². The van der Waals surface area contributed by atoms with Gasteiger partial charge in [-0.2, -0.15) is 0 Å². The van der Waals surface area contributed by atoms with Gasteiger partial charge >= 0.3 is 0 Å². The fourth-order valence-corrected chi connectivity index (χ4v) is 1.59. The standard InChI is InChI=1S/C10H12Br/c1-3-8-5-6-10(11)7-9(8)4-2/h5,7H,3-4H2,1-2H3. The molecule has 0 fully saturated rings. The van der Waals surface area contributed by atoms with E-state index in [1.165, 1.54) is 11.1 Å². The number of hydrogen-bond acceptors (Lipinski definition) is 0. The SMILES string of the molecule is CCc1c[c]c(Br)cc1CC. The molecule has 11 heavy (non-hydrogen) atoms. The van der Waals surface area contributed by atoms with Crippen LogP contribution >= 0.6 is 15.9 Å². The van der Waals surface area contributed by atoms with Crippen LogP contribution in [0.5, 0.6) is 0 Å². The van der Waals surface area contributed by atoms with Crippen molar-refractivity contribution in [3.8, 4) is 0 Å². The van der Waals surface area contributed by atoms with Crippen molar-refractivity contribution in [2.45, 2.75) is 26.7 Å². The van der Waals surface area contributed by atoms with E-state index in [0.29, 0.717) is 0 Å². The maximum atomic E-state index is 3.41. The van der Waals surface area contributed by atoms with Crippen LogP contribution in [0.3, 0.4) is 0 Å². The average Bonchev–Trinajstić information content (AvgIpc) is 2.04. The Hall–Kier alpha value is -0.300. The lowest BCUT2D eigenvalue weighted by Crippen LogP contribution is -1.89. The van der Waals surface area contributed by atoms with E-state index in [-0.39, 0.29) is 0 Å². The van der Waals surface area contributed by atoms with Crippen molar-refractivity contribution in [3.05, 3.63) is 33.8 Å². The summed E-state index contributed by atoms with van der Waals surface area (Å²) >= 11 is 3.41. The Kier molecular flexibility index (Phi) is 3.13. The van der Waals surface area contributed by atoms with Gasteiger partial charge in [-0.05, 0) is 42.2 Å². The molecule has 1 aromatic rings. The summed E-state index contributed by atoms with van der Waals surface area (Å²) in [6, 6.07) is 7.37. The Morgan fingerprint density at radius 1 is 1.27 bits per heavy atom. The van der Waals surface area contributed by atoms with Crippen LogP contribution < -0.4 is 0 Å². The minimum absolute atomic E-state index is 1.06. The molecule has 0 amide bonds. The van der Waals surface area contributed by atoms with Gasteiger partial charge in [-0.15, -0.1) is 0 Å². The Morgan fingerprint density at radius 2 is 1.91 bits per heavy atom. The molecular weight excluding hydrogens is 200 g/mol. The molecule has 0 atom stereocenters. The van der Waals surface area contributed by atoms with E-state index in [9.17, 15) is 0 Å². The highest BCUT2D eigenvalue weighted by Gasteiger charge is 1.98. The Bertz CT molecular complexity index is 241. The molecule has 0 saturated carbocycles. The highest BCUT2D eigenvalue weighted by Crippen LogP contribution is 2.16. The zero-order valence-electron chi connectivity index (χ0n) is 6.95. The summed E-state index contributed by atoms with van der Waals surface area (Å²) in [6.07, 6.45) is 2.21. The van der Waals surface area contributed by atoms with Gasteiger partial charge in [0.25, 0.3) is 0 Å². The molecule has 1 rings (SSSR count). The molecule has 0 bridgehead atoms. The smallest absolute Gasteiger partial charge is 0.0257 e. The summed E-state index contributed by atoms with van der Waals surface area (Å²) in [5.41, 5.74) is 2.84. The Balaban J connectivity index is 3.06. The van der Waals surface area contributed by atoms with Gasteiger partial charge in [-0.3, -0.25) is 0 Å². The fraction of sp³-hybridized carbons (Fsp3) is 0.400. The Labute approximate surface area is 76.8 Å². The molecule has 0 unspecified atom stereocenters. The molecule has 0 aromatic heterocycles. The predicted molar refractivity (Wildman–Crippen MR) is 51.7 cm³/mol. The first-order chi connectivity index (χ1) is 5.27. The highest BCUT2D eigenvalue weighted by atomic mass is 79.9. The lowest BCUT2D eigenvalue weighted by atomic mass is 10.0. The van der Waals surface area contributed by atoms with Gasteiger partial charge in [0.05, 0.1) is 0 Å². The van der Waals surface area contributed by atoms with Crippen LogP contribution in [0, 0.1) is 6.07 Å². The quantitative estimate of drug-likeness (QED) is 0.704. The minimum Gasteiger partial charge on any atom is -0.0613 e. The zero-order chi connectivity index (χ0) is 8.27. The van der Waals surface area contributed by atoms with Crippen LogP contribution in [0.25, 0.3) is 0 Å². The number of halogens is 1. The highest BCUT2D eigenvalue weighted by molar-refractivity contribution is 9.10. The van der Waals surface area contributed by atoms with Crippen molar-refractivity contribution in [1.29, 1.82) is 0 Å². The van der Waals surface area contributed by atoms with Gasteiger partial charge in [0, 0.05) is 4.47 Å². The second-order valence-electron chi connectivity index (χ2n) is 2.54. The molecule has 1 aromatic carbocycles. The van der Waals surface area contributed by atoms with Crippen molar-refractivity contribution in [2.24, 2.45) is 0 Å². The summed E-state index contributed by atoms with van der Waals surface area (Å²) < 4.78 is 1.06. The number of aryl methyl sites for hydroxylation is 2. The van der Waals surface area contributed by atoms with Crippen LogP contribution in [-0.2, 0) is 12.8 Å².